The van der Waals surface area contributed by atoms with Gasteiger partial charge in [-0.05, 0) is 58.0 Å². The van der Waals surface area contributed by atoms with E-state index in [9.17, 15) is 4.39 Å². The lowest BCUT2D eigenvalue weighted by molar-refractivity contribution is 0.00578. The third-order valence-electron chi connectivity index (χ3n) is 4.58. The number of benzene rings is 1. The Kier molecular flexibility index (Phi) is 4.59. The van der Waals surface area contributed by atoms with E-state index in [0.29, 0.717) is 18.3 Å². The molecular formula is C17H24BFO2. The molecule has 2 nitrogen and oxygen atoms in total. The highest BCUT2D eigenvalue weighted by Crippen LogP contribution is 2.40. The SMILES string of the molecule is C=CC[C@@H](CB1OC(C)(C)C(C)(C)O1)c1ccccc1F. The van der Waals surface area contributed by atoms with Gasteiger partial charge in [0.15, 0.2) is 0 Å². The van der Waals surface area contributed by atoms with Crippen LogP contribution in [0.4, 0.5) is 4.39 Å². The molecule has 0 amide bonds. The van der Waals surface area contributed by atoms with Crippen molar-refractivity contribution in [3.05, 3.63) is 48.3 Å². The van der Waals surface area contributed by atoms with Crippen LogP contribution in [0.1, 0.15) is 45.6 Å². The molecular weight excluding hydrogens is 266 g/mol. The molecule has 0 bridgehead atoms. The molecule has 1 saturated heterocycles. The first-order valence-electron chi connectivity index (χ1n) is 7.48. The van der Waals surface area contributed by atoms with Gasteiger partial charge in [0.25, 0.3) is 0 Å². The largest absolute Gasteiger partial charge is 0.458 e. The fourth-order valence-electron chi connectivity index (χ4n) is 2.65. The molecule has 1 aliphatic heterocycles. The number of halogens is 1. The predicted octanol–water partition coefficient (Wildman–Crippen LogP) is 4.58. The first-order valence-corrected chi connectivity index (χ1v) is 7.48. The molecule has 0 radical (unpaired) electrons. The number of hydrogen-bond donors (Lipinski definition) is 0. The molecule has 1 atom stereocenters. The zero-order valence-corrected chi connectivity index (χ0v) is 13.4. The minimum Gasteiger partial charge on any atom is -0.403 e. The molecule has 1 aliphatic rings. The van der Waals surface area contributed by atoms with Gasteiger partial charge >= 0.3 is 7.12 Å². The average Bonchev–Trinajstić information content (AvgIpc) is 2.57. The van der Waals surface area contributed by atoms with Crippen LogP contribution in [-0.2, 0) is 9.31 Å². The molecule has 0 N–H and O–H groups in total. The summed E-state index contributed by atoms with van der Waals surface area (Å²) < 4.78 is 26.1. The number of rotatable bonds is 5. The highest BCUT2D eigenvalue weighted by Gasteiger charge is 2.51. The standard InChI is InChI=1S/C17H24BFO2/c1-6-9-13(14-10-7-8-11-15(14)19)12-18-20-16(2,3)17(4,5)21-18/h6-8,10-11,13H,1,9,12H2,2-5H3/t13-/m0/s1. The molecule has 1 fully saturated rings. The zero-order chi connectivity index (χ0) is 15.7. The lowest BCUT2D eigenvalue weighted by Crippen LogP contribution is -2.41. The van der Waals surface area contributed by atoms with E-state index in [0.717, 1.165) is 0 Å². The van der Waals surface area contributed by atoms with Crippen molar-refractivity contribution in [1.82, 2.24) is 0 Å². The fraction of sp³-hybridized carbons (Fsp3) is 0.529. The summed E-state index contributed by atoms with van der Waals surface area (Å²) in [5.74, 6) is -0.167. The van der Waals surface area contributed by atoms with Gasteiger partial charge in [-0.2, -0.15) is 0 Å². The van der Waals surface area contributed by atoms with Crippen LogP contribution in [0.5, 0.6) is 0 Å². The van der Waals surface area contributed by atoms with Crippen molar-refractivity contribution in [1.29, 1.82) is 0 Å². The van der Waals surface area contributed by atoms with Gasteiger partial charge in [-0.25, -0.2) is 4.39 Å². The summed E-state index contributed by atoms with van der Waals surface area (Å²) in [4.78, 5) is 0. The molecule has 0 aromatic heterocycles. The van der Waals surface area contributed by atoms with Gasteiger partial charge in [-0.3, -0.25) is 0 Å². The maximum Gasteiger partial charge on any atom is 0.458 e. The van der Waals surface area contributed by atoms with Crippen LogP contribution >= 0.6 is 0 Å². The van der Waals surface area contributed by atoms with Gasteiger partial charge in [-0.1, -0.05) is 24.3 Å². The summed E-state index contributed by atoms with van der Waals surface area (Å²) in [7, 11) is -0.320. The number of hydrogen-bond acceptors (Lipinski definition) is 2. The maximum atomic E-state index is 14.0. The van der Waals surface area contributed by atoms with E-state index in [1.54, 1.807) is 6.07 Å². The number of allylic oxidation sites excluding steroid dienone is 1. The summed E-state index contributed by atoms with van der Waals surface area (Å²) in [5.41, 5.74) is -0.0100. The van der Waals surface area contributed by atoms with Gasteiger partial charge in [-0.15, -0.1) is 6.58 Å². The van der Waals surface area contributed by atoms with Gasteiger partial charge < -0.3 is 9.31 Å². The summed E-state index contributed by atoms with van der Waals surface area (Å²) >= 11 is 0. The van der Waals surface area contributed by atoms with E-state index < -0.39 is 0 Å². The van der Waals surface area contributed by atoms with Crippen LogP contribution in [0.15, 0.2) is 36.9 Å². The van der Waals surface area contributed by atoms with E-state index in [2.05, 4.69) is 6.58 Å². The lowest BCUT2D eigenvalue weighted by atomic mass is 9.73. The molecule has 0 spiro atoms. The van der Waals surface area contributed by atoms with Crippen molar-refractivity contribution in [2.24, 2.45) is 0 Å². The van der Waals surface area contributed by atoms with Crippen molar-refractivity contribution < 1.29 is 13.7 Å². The van der Waals surface area contributed by atoms with Crippen LogP contribution in [0.25, 0.3) is 0 Å². The molecule has 0 unspecified atom stereocenters. The summed E-state index contributed by atoms with van der Waals surface area (Å²) in [6.07, 6.45) is 3.15. The molecule has 114 valence electrons. The zero-order valence-electron chi connectivity index (χ0n) is 13.4. The Hall–Kier alpha value is -1.13. The van der Waals surface area contributed by atoms with Crippen LogP contribution in [0.3, 0.4) is 0 Å². The summed E-state index contributed by atoms with van der Waals surface area (Å²) in [5, 5.41) is 0. The Balaban J connectivity index is 2.16. The highest BCUT2D eigenvalue weighted by atomic mass is 19.1. The second-order valence-electron chi connectivity index (χ2n) is 6.66. The van der Waals surface area contributed by atoms with Gasteiger partial charge in [0.2, 0.25) is 0 Å². The smallest absolute Gasteiger partial charge is 0.403 e. The first-order chi connectivity index (χ1) is 9.77. The quantitative estimate of drug-likeness (QED) is 0.584. The Morgan fingerprint density at radius 2 is 1.76 bits per heavy atom. The molecule has 0 saturated carbocycles. The Morgan fingerprint density at radius 1 is 1.19 bits per heavy atom. The van der Waals surface area contributed by atoms with Crippen LogP contribution < -0.4 is 0 Å². The summed E-state index contributed by atoms with van der Waals surface area (Å²) in [6, 6.07) is 6.89. The third kappa shape index (κ3) is 3.38. The van der Waals surface area contributed by atoms with Crippen molar-refractivity contribution in [2.75, 3.05) is 0 Å². The van der Waals surface area contributed by atoms with Crippen LogP contribution in [0.2, 0.25) is 6.32 Å². The van der Waals surface area contributed by atoms with E-state index in [-0.39, 0.29) is 30.1 Å². The Labute approximate surface area is 127 Å². The van der Waals surface area contributed by atoms with E-state index in [4.69, 9.17) is 9.31 Å². The lowest BCUT2D eigenvalue weighted by Gasteiger charge is -2.32. The van der Waals surface area contributed by atoms with Gasteiger partial charge in [0.1, 0.15) is 5.82 Å². The monoisotopic (exact) mass is 290 g/mol. The fourth-order valence-corrected chi connectivity index (χ4v) is 2.65. The van der Waals surface area contributed by atoms with Crippen molar-refractivity contribution in [2.45, 2.75) is 57.6 Å². The second kappa shape index (κ2) is 5.94. The molecule has 1 aromatic carbocycles. The topological polar surface area (TPSA) is 18.5 Å². The second-order valence-corrected chi connectivity index (χ2v) is 6.66. The van der Waals surface area contributed by atoms with Crippen molar-refractivity contribution in [3.63, 3.8) is 0 Å². The Bertz CT molecular complexity index is 497. The van der Waals surface area contributed by atoms with Gasteiger partial charge in [0.05, 0.1) is 11.2 Å². The molecule has 0 aliphatic carbocycles. The average molecular weight is 290 g/mol. The minimum atomic E-state index is -0.356. The van der Waals surface area contributed by atoms with E-state index >= 15 is 0 Å². The highest BCUT2D eigenvalue weighted by molar-refractivity contribution is 6.45. The third-order valence-corrected chi connectivity index (χ3v) is 4.58. The molecule has 2 rings (SSSR count). The van der Waals surface area contributed by atoms with E-state index in [1.165, 1.54) is 6.07 Å². The molecule has 1 aromatic rings. The van der Waals surface area contributed by atoms with Crippen molar-refractivity contribution >= 4 is 7.12 Å². The minimum absolute atomic E-state index is 0.0124. The molecule has 4 heteroatoms. The first kappa shape index (κ1) is 16.2. The Morgan fingerprint density at radius 3 is 2.29 bits per heavy atom. The maximum absolute atomic E-state index is 14.0. The van der Waals surface area contributed by atoms with Gasteiger partial charge in [0, 0.05) is 0 Å². The normalized spacial score (nSPS) is 21.3. The van der Waals surface area contributed by atoms with Crippen molar-refractivity contribution in [3.8, 4) is 0 Å². The molecule has 1 heterocycles. The van der Waals surface area contributed by atoms with E-state index in [1.807, 2.05) is 45.9 Å². The van der Waals surface area contributed by atoms with Crippen LogP contribution in [-0.4, -0.2) is 18.3 Å². The molecule has 21 heavy (non-hydrogen) atoms. The summed E-state index contributed by atoms with van der Waals surface area (Å²) in [6.45, 7) is 11.9. The van der Waals surface area contributed by atoms with Crippen LogP contribution in [0, 0.1) is 5.82 Å². The predicted molar refractivity (Wildman–Crippen MR) is 84.8 cm³/mol.